The summed E-state index contributed by atoms with van der Waals surface area (Å²) in [5.41, 5.74) is 1.58. The molecule has 0 aromatic heterocycles. The summed E-state index contributed by atoms with van der Waals surface area (Å²) in [5.74, 6) is -3.05. The van der Waals surface area contributed by atoms with Crippen LogP contribution in [0, 0.1) is 0 Å². The average molecular weight is 594 g/mol. The summed E-state index contributed by atoms with van der Waals surface area (Å²) in [6, 6.07) is 7.02. The van der Waals surface area contributed by atoms with E-state index in [0.29, 0.717) is 64.3 Å². The van der Waals surface area contributed by atoms with Gasteiger partial charge in [0.1, 0.15) is 0 Å². The first-order valence-corrected chi connectivity index (χ1v) is 14.7. The van der Waals surface area contributed by atoms with Crippen molar-refractivity contribution in [2.75, 3.05) is 83.9 Å². The van der Waals surface area contributed by atoms with Gasteiger partial charge in [0.25, 0.3) is 0 Å². The van der Waals surface area contributed by atoms with Crippen LogP contribution in [-0.2, 0) is 25.6 Å². The average Bonchev–Trinajstić information content (AvgIpc) is 2.91. The van der Waals surface area contributed by atoms with Crippen molar-refractivity contribution in [1.29, 1.82) is 0 Å². The first-order chi connectivity index (χ1) is 20.1. The van der Waals surface area contributed by atoms with E-state index in [2.05, 4.69) is 12.2 Å². The number of rotatable bonds is 15. The Morgan fingerprint density at radius 2 is 1.36 bits per heavy atom. The molecule has 1 aliphatic heterocycles. The van der Waals surface area contributed by atoms with Crippen molar-refractivity contribution in [3.8, 4) is 0 Å². The number of anilines is 1. The van der Waals surface area contributed by atoms with Crippen molar-refractivity contribution in [2.24, 2.45) is 0 Å². The molecule has 13 heteroatoms. The van der Waals surface area contributed by atoms with Gasteiger partial charge in [-0.25, -0.2) is 0 Å². The molecule has 1 saturated heterocycles. The Morgan fingerprint density at radius 3 is 1.95 bits per heavy atom. The van der Waals surface area contributed by atoms with Crippen molar-refractivity contribution in [3.63, 3.8) is 0 Å². The highest BCUT2D eigenvalue weighted by Gasteiger charge is 2.27. The Kier molecular flexibility index (Phi) is 16.0. The summed E-state index contributed by atoms with van der Waals surface area (Å²) < 4.78 is 0. The van der Waals surface area contributed by atoms with Gasteiger partial charge in [0, 0.05) is 70.5 Å². The van der Waals surface area contributed by atoms with Gasteiger partial charge in [-0.2, -0.15) is 0 Å². The van der Waals surface area contributed by atoms with Crippen LogP contribution in [0.25, 0.3) is 0 Å². The second kappa shape index (κ2) is 19.2. The number of nitrogens with zero attached hydrogens (tertiary/aromatic N) is 4. The van der Waals surface area contributed by atoms with Gasteiger partial charge in [0.2, 0.25) is 5.91 Å². The van der Waals surface area contributed by atoms with Crippen LogP contribution >= 0.6 is 0 Å². The molecule has 13 nitrogen and oxygen atoms in total. The summed E-state index contributed by atoms with van der Waals surface area (Å²) in [7, 11) is 0. The Balaban J connectivity index is 2.30. The summed E-state index contributed by atoms with van der Waals surface area (Å²) in [4.78, 5) is 54.6. The lowest BCUT2D eigenvalue weighted by atomic mass is 10.0. The standard InChI is InChI=1S/C29H47N5O8/c1-2-3-4-5-26(36)30-24-8-6-23(7-9-24)18-25-19-33(21-28(39)40)13-12-32(20-27(37)38)11-10-31(16-17-35)14-15-34(25)22-29(41)42/h6-9,25,35H,2-5,10-22H2,1H3,(H,30,36)(H,37,38)(H,39,40)(H,41,42). The zero-order valence-corrected chi connectivity index (χ0v) is 24.6. The van der Waals surface area contributed by atoms with Gasteiger partial charge in [0.05, 0.1) is 26.2 Å². The minimum atomic E-state index is -1.02. The minimum Gasteiger partial charge on any atom is -0.480 e. The first kappa shape index (κ1) is 35.1. The third-order valence-corrected chi connectivity index (χ3v) is 7.34. The van der Waals surface area contributed by atoms with Gasteiger partial charge < -0.3 is 25.7 Å². The number of hydrogen-bond acceptors (Lipinski definition) is 9. The Labute approximate surface area is 247 Å². The highest BCUT2D eigenvalue weighted by atomic mass is 16.4. The number of carbonyl (C=O) groups excluding carboxylic acids is 1. The van der Waals surface area contributed by atoms with E-state index in [0.717, 1.165) is 24.8 Å². The number of nitrogens with one attached hydrogen (secondary N) is 1. The smallest absolute Gasteiger partial charge is 0.317 e. The molecule has 0 bridgehead atoms. The Morgan fingerprint density at radius 1 is 0.786 bits per heavy atom. The van der Waals surface area contributed by atoms with E-state index in [1.54, 1.807) is 9.80 Å². The maximum absolute atomic E-state index is 12.2. The molecule has 1 aromatic rings. The van der Waals surface area contributed by atoms with Gasteiger partial charge in [0.15, 0.2) is 0 Å². The molecular formula is C29H47N5O8. The lowest BCUT2D eigenvalue weighted by Gasteiger charge is -2.37. The molecule has 0 spiro atoms. The van der Waals surface area contributed by atoms with Crippen molar-refractivity contribution >= 4 is 29.5 Å². The molecule has 1 atom stereocenters. The summed E-state index contributed by atoms with van der Waals surface area (Å²) in [6.07, 6.45) is 3.75. The van der Waals surface area contributed by atoms with Gasteiger partial charge in [-0.3, -0.25) is 38.8 Å². The maximum atomic E-state index is 12.2. The van der Waals surface area contributed by atoms with Crippen LogP contribution in [0.4, 0.5) is 5.69 Å². The fraction of sp³-hybridized carbons (Fsp3) is 0.655. The lowest BCUT2D eigenvalue weighted by molar-refractivity contribution is -0.141. The highest BCUT2D eigenvalue weighted by Crippen LogP contribution is 2.16. The molecule has 1 heterocycles. The van der Waals surface area contributed by atoms with E-state index < -0.39 is 17.9 Å². The topological polar surface area (TPSA) is 174 Å². The summed E-state index contributed by atoms with van der Waals surface area (Å²) in [6.45, 7) is 4.24. The van der Waals surface area contributed by atoms with Crippen LogP contribution < -0.4 is 5.32 Å². The predicted octanol–water partition coefficient (Wildman–Crippen LogP) is 0.584. The predicted molar refractivity (Wildman–Crippen MR) is 158 cm³/mol. The molecule has 1 aliphatic rings. The van der Waals surface area contributed by atoms with E-state index in [1.165, 1.54) is 0 Å². The number of carboxylic acid groups (broad SMARTS) is 3. The van der Waals surface area contributed by atoms with Crippen LogP contribution in [0.2, 0.25) is 0 Å². The molecule has 2 rings (SSSR count). The Hall–Kier alpha value is -3.10. The second-order valence-electron chi connectivity index (χ2n) is 10.8. The molecule has 0 aliphatic carbocycles. The number of carboxylic acids is 3. The van der Waals surface area contributed by atoms with Crippen LogP contribution in [0.15, 0.2) is 24.3 Å². The molecule has 1 unspecified atom stereocenters. The summed E-state index contributed by atoms with van der Waals surface area (Å²) >= 11 is 0. The number of unbranched alkanes of at least 4 members (excludes halogenated alkanes) is 2. The number of aliphatic hydroxyl groups excluding tert-OH is 1. The maximum Gasteiger partial charge on any atom is 0.317 e. The number of β-amino-alcohol motifs (C(OH)–C–C–N with tert-alkyl or cyclic N) is 1. The quantitative estimate of drug-likeness (QED) is 0.179. The number of hydrogen-bond donors (Lipinski definition) is 5. The molecule has 5 N–H and O–H groups in total. The summed E-state index contributed by atoms with van der Waals surface area (Å²) in [5, 5.41) is 41.2. The fourth-order valence-corrected chi connectivity index (χ4v) is 5.13. The number of amides is 1. The minimum absolute atomic E-state index is 0.0446. The monoisotopic (exact) mass is 593 g/mol. The van der Waals surface area contributed by atoms with E-state index >= 15 is 0 Å². The molecule has 1 amide bonds. The molecular weight excluding hydrogens is 546 g/mol. The van der Waals surface area contributed by atoms with Crippen molar-refractivity contribution in [2.45, 2.75) is 45.1 Å². The first-order valence-electron chi connectivity index (χ1n) is 14.7. The van der Waals surface area contributed by atoms with Crippen molar-refractivity contribution in [1.82, 2.24) is 19.6 Å². The van der Waals surface area contributed by atoms with Gasteiger partial charge in [-0.15, -0.1) is 0 Å². The molecule has 236 valence electrons. The van der Waals surface area contributed by atoms with Gasteiger partial charge in [-0.1, -0.05) is 31.9 Å². The van der Waals surface area contributed by atoms with Crippen LogP contribution in [0.1, 0.15) is 38.2 Å². The number of benzene rings is 1. The number of aliphatic hydroxyl groups is 1. The number of aliphatic carboxylic acids is 3. The highest BCUT2D eigenvalue weighted by molar-refractivity contribution is 5.90. The van der Waals surface area contributed by atoms with Gasteiger partial charge in [-0.05, 0) is 30.5 Å². The molecule has 0 radical (unpaired) electrons. The third-order valence-electron chi connectivity index (χ3n) is 7.34. The molecule has 1 fully saturated rings. The Bertz CT molecular complexity index is 993. The number of carbonyl (C=O) groups is 4. The molecule has 1 aromatic carbocycles. The van der Waals surface area contributed by atoms with Crippen molar-refractivity contribution < 1.29 is 39.6 Å². The van der Waals surface area contributed by atoms with Gasteiger partial charge >= 0.3 is 17.9 Å². The SMILES string of the molecule is CCCCCC(=O)Nc1ccc(CC2CN(CC(=O)O)CCN(CC(=O)O)CCN(CCO)CCN2CC(=O)O)cc1. The largest absolute Gasteiger partial charge is 0.480 e. The lowest BCUT2D eigenvalue weighted by Crippen LogP contribution is -2.53. The normalized spacial score (nSPS) is 18.6. The second-order valence-corrected chi connectivity index (χ2v) is 10.8. The third kappa shape index (κ3) is 14.2. The van der Waals surface area contributed by atoms with Crippen LogP contribution in [0.3, 0.4) is 0 Å². The van der Waals surface area contributed by atoms with Crippen LogP contribution in [-0.4, -0.2) is 148 Å². The zero-order chi connectivity index (χ0) is 30.9. The van der Waals surface area contributed by atoms with E-state index in [4.69, 9.17) is 0 Å². The van der Waals surface area contributed by atoms with E-state index in [1.807, 2.05) is 34.1 Å². The van der Waals surface area contributed by atoms with Crippen LogP contribution in [0.5, 0.6) is 0 Å². The van der Waals surface area contributed by atoms with E-state index in [9.17, 15) is 39.6 Å². The fourth-order valence-electron chi connectivity index (χ4n) is 5.13. The molecule has 42 heavy (non-hydrogen) atoms. The van der Waals surface area contributed by atoms with Crippen molar-refractivity contribution in [3.05, 3.63) is 29.8 Å². The van der Waals surface area contributed by atoms with E-state index in [-0.39, 0.29) is 44.7 Å². The molecule has 0 saturated carbocycles. The zero-order valence-electron chi connectivity index (χ0n) is 24.6.